The van der Waals surface area contributed by atoms with Gasteiger partial charge in [-0.1, -0.05) is 43.2 Å². The molecule has 0 radical (unpaired) electrons. The van der Waals surface area contributed by atoms with E-state index in [2.05, 4.69) is 12.2 Å². The van der Waals surface area contributed by atoms with Crippen LogP contribution in [0.4, 0.5) is 4.39 Å². The van der Waals surface area contributed by atoms with Gasteiger partial charge in [-0.2, -0.15) is 0 Å². The summed E-state index contributed by atoms with van der Waals surface area (Å²) in [5.74, 6) is 0.310. The van der Waals surface area contributed by atoms with E-state index in [1.54, 1.807) is 6.07 Å². The van der Waals surface area contributed by atoms with Gasteiger partial charge >= 0.3 is 7.12 Å². The molecule has 27 heavy (non-hydrogen) atoms. The van der Waals surface area contributed by atoms with Crippen LogP contribution >= 0.6 is 0 Å². The van der Waals surface area contributed by atoms with Crippen LogP contribution in [0.2, 0.25) is 6.32 Å². The van der Waals surface area contributed by atoms with E-state index >= 15 is 0 Å². The van der Waals surface area contributed by atoms with E-state index in [0.717, 1.165) is 49.6 Å². The fourth-order valence-electron chi connectivity index (χ4n) is 4.11. The minimum absolute atomic E-state index is 0.175. The van der Waals surface area contributed by atoms with Crippen molar-refractivity contribution in [1.82, 2.24) is 5.32 Å². The third-order valence-corrected chi connectivity index (χ3v) is 6.04. The zero-order valence-electron chi connectivity index (χ0n) is 16.0. The maximum Gasteiger partial charge on any atom is 0.451 e. The van der Waals surface area contributed by atoms with Gasteiger partial charge in [0.05, 0.1) is 0 Å². The Bertz CT molecular complexity index is 763. The van der Waals surface area contributed by atoms with Crippen molar-refractivity contribution in [3.05, 3.63) is 47.8 Å². The van der Waals surface area contributed by atoms with Gasteiger partial charge in [0.25, 0.3) is 0 Å². The van der Waals surface area contributed by atoms with E-state index in [1.807, 2.05) is 24.3 Å². The van der Waals surface area contributed by atoms with Crippen LogP contribution in [0.15, 0.2) is 36.4 Å². The Morgan fingerprint density at radius 1 is 1.15 bits per heavy atom. The van der Waals surface area contributed by atoms with Crippen LogP contribution in [0.1, 0.15) is 44.6 Å². The van der Waals surface area contributed by atoms with Crippen molar-refractivity contribution in [3.8, 4) is 0 Å². The van der Waals surface area contributed by atoms with Gasteiger partial charge in [-0.3, -0.25) is 0 Å². The topological polar surface area (TPSA) is 78.5 Å². The van der Waals surface area contributed by atoms with E-state index in [9.17, 15) is 4.39 Å². The number of unbranched alkanes of at least 4 members (excludes halogenated alkanes) is 1. The largest absolute Gasteiger partial charge is 0.451 e. The molecule has 0 spiro atoms. The Morgan fingerprint density at radius 2 is 1.85 bits per heavy atom. The Kier molecular flexibility index (Phi) is 6.53. The number of nitrogens with two attached hydrogens (primary N) is 1. The molecule has 0 aliphatic heterocycles. The van der Waals surface area contributed by atoms with E-state index in [0.29, 0.717) is 23.7 Å². The number of fused-ring (bicyclic) bond motifs is 1. The van der Waals surface area contributed by atoms with E-state index in [1.165, 1.54) is 6.07 Å². The van der Waals surface area contributed by atoms with Crippen molar-refractivity contribution in [1.29, 1.82) is 0 Å². The molecule has 1 aliphatic rings. The van der Waals surface area contributed by atoms with Crippen molar-refractivity contribution in [2.24, 2.45) is 11.7 Å². The molecule has 1 atom stereocenters. The summed E-state index contributed by atoms with van der Waals surface area (Å²) in [4.78, 5) is 0. The third kappa shape index (κ3) is 5.08. The summed E-state index contributed by atoms with van der Waals surface area (Å²) in [7, 11) is -1.21. The first-order valence-corrected chi connectivity index (χ1v) is 9.91. The number of hydrogen-bond acceptors (Lipinski definition) is 4. The predicted octanol–water partition coefficient (Wildman–Crippen LogP) is 3.21. The van der Waals surface area contributed by atoms with Gasteiger partial charge in [-0.25, -0.2) is 4.39 Å². The van der Waals surface area contributed by atoms with Crippen LogP contribution in [0.3, 0.4) is 0 Å². The van der Waals surface area contributed by atoms with Gasteiger partial charge in [-0.05, 0) is 55.4 Å². The average Bonchev–Trinajstić information content (AvgIpc) is 2.58. The van der Waals surface area contributed by atoms with Crippen molar-refractivity contribution in [2.75, 3.05) is 0 Å². The second-order valence-corrected chi connectivity index (χ2v) is 8.23. The van der Waals surface area contributed by atoms with Crippen LogP contribution in [0.5, 0.6) is 0 Å². The fourth-order valence-corrected chi connectivity index (χ4v) is 4.11. The Balaban J connectivity index is 1.46. The Hall–Kier alpha value is -1.47. The molecule has 1 saturated carbocycles. The molecule has 0 bridgehead atoms. The van der Waals surface area contributed by atoms with Crippen molar-refractivity contribution >= 4 is 17.9 Å². The zero-order valence-corrected chi connectivity index (χ0v) is 16.0. The molecule has 1 fully saturated rings. The third-order valence-electron chi connectivity index (χ3n) is 6.04. The van der Waals surface area contributed by atoms with Crippen LogP contribution in [-0.4, -0.2) is 28.7 Å². The molecule has 6 heteroatoms. The average molecular weight is 372 g/mol. The molecular formula is C21H30BFN2O2. The second kappa shape index (κ2) is 8.69. The molecule has 2 aromatic rings. The summed E-state index contributed by atoms with van der Waals surface area (Å²) in [5, 5.41) is 23.1. The molecule has 146 valence electrons. The first kappa shape index (κ1) is 20.3. The summed E-state index contributed by atoms with van der Waals surface area (Å²) < 4.78 is 13.9. The highest BCUT2D eigenvalue weighted by molar-refractivity contribution is 6.40. The molecule has 0 amide bonds. The molecule has 1 unspecified atom stereocenters. The number of rotatable bonds is 9. The van der Waals surface area contributed by atoms with Crippen molar-refractivity contribution in [2.45, 2.75) is 63.5 Å². The summed E-state index contributed by atoms with van der Waals surface area (Å²) >= 11 is 0. The lowest BCUT2D eigenvalue weighted by Crippen LogP contribution is -2.54. The van der Waals surface area contributed by atoms with E-state index in [4.69, 9.17) is 15.8 Å². The van der Waals surface area contributed by atoms with Crippen molar-refractivity contribution < 1.29 is 14.4 Å². The van der Waals surface area contributed by atoms with Crippen molar-refractivity contribution in [3.63, 3.8) is 0 Å². The Labute approximate surface area is 161 Å². The lowest BCUT2D eigenvalue weighted by Gasteiger charge is -2.46. The minimum Gasteiger partial charge on any atom is -0.427 e. The van der Waals surface area contributed by atoms with Crippen LogP contribution in [0, 0.1) is 11.7 Å². The standard InChI is InChI=1S/C21H30BFN2O2/c1-21(24,10-2-3-11-22(26)27)16-12-17(13-16)25-14-15-6-4-8-19-18(15)7-5-9-20(19)23/h4-9,16-17,25-27H,2-3,10-14,24H2,1H3. The first-order chi connectivity index (χ1) is 12.9. The second-order valence-electron chi connectivity index (χ2n) is 8.23. The number of benzene rings is 2. The van der Waals surface area contributed by atoms with Gasteiger partial charge < -0.3 is 21.1 Å². The molecule has 2 aromatic carbocycles. The van der Waals surface area contributed by atoms with Gasteiger partial charge in [-0.15, -0.1) is 0 Å². The Morgan fingerprint density at radius 3 is 2.59 bits per heavy atom. The molecule has 0 saturated heterocycles. The smallest absolute Gasteiger partial charge is 0.427 e. The van der Waals surface area contributed by atoms with Crippen LogP contribution in [-0.2, 0) is 6.54 Å². The summed E-state index contributed by atoms with van der Waals surface area (Å²) in [5.41, 5.74) is 7.42. The summed E-state index contributed by atoms with van der Waals surface area (Å²) in [6, 6.07) is 11.5. The molecule has 4 nitrogen and oxygen atoms in total. The lowest BCUT2D eigenvalue weighted by atomic mass is 9.67. The predicted molar refractivity (Wildman–Crippen MR) is 109 cm³/mol. The molecule has 1 aliphatic carbocycles. The molecule has 0 aromatic heterocycles. The number of halogens is 1. The molecule has 0 heterocycles. The van der Waals surface area contributed by atoms with Crippen LogP contribution in [0.25, 0.3) is 10.8 Å². The normalized spacial score (nSPS) is 21.7. The molecule has 5 N–H and O–H groups in total. The first-order valence-electron chi connectivity index (χ1n) is 9.91. The number of hydrogen-bond donors (Lipinski definition) is 4. The summed E-state index contributed by atoms with van der Waals surface area (Å²) in [6.45, 7) is 2.84. The van der Waals surface area contributed by atoms with Crippen LogP contribution < -0.4 is 11.1 Å². The lowest BCUT2D eigenvalue weighted by molar-refractivity contribution is 0.123. The summed E-state index contributed by atoms with van der Waals surface area (Å²) in [6.07, 6.45) is 5.12. The maximum absolute atomic E-state index is 13.9. The highest BCUT2D eigenvalue weighted by atomic mass is 19.1. The maximum atomic E-state index is 13.9. The monoisotopic (exact) mass is 372 g/mol. The molecule has 3 rings (SSSR count). The SMILES string of the molecule is CC(N)(CCCCB(O)O)C1CC(NCc2cccc3c(F)cccc23)C1. The van der Waals surface area contributed by atoms with E-state index in [-0.39, 0.29) is 11.4 Å². The fraction of sp³-hybridized carbons (Fsp3) is 0.524. The molecular weight excluding hydrogens is 342 g/mol. The minimum atomic E-state index is -1.21. The van der Waals surface area contributed by atoms with Gasteiger partial charge in [0.15, 0.2) is 0 Å². The van der Waals surface area contributed by atoms with Gasteiger partial charge in [0.2, 0.25) is 0 Å². The highest BCUT2D eigenvalue weighted by Gasteiger charge is 2.39. The quantitative estimate of drug-likeness (QED) is 0.403. The number of nitrogens with one attached hydrogen (secondary N) is 1. The highest BCUT2D eigenvalue weighted by Crippen LogP contribution is 2.38. The van der Waals surface area contributed by atoms with E-state index < -0.39 is 7.12 Å². The zero-order chi connectivity index (χ0) is 19.4. The van der Waals surface area contributed by atoms with Gasteiger partial charge in [0.1, 0.15) is 5.82 Å². The van der Waals surface area contributed by atoms with Gasteiger partial charge in [0, 0.05) is 23.5 Å².